The van der Waals surface area contributed by atoms with Crippen molar-refractivity contribution in [2.45, 2.75) is 32.2 Å². The predicted octanol–water partition coefficient (Wildman–Crippen LogP) is 2.76. The lowest BCUT2D eigenvalue weighted by Gasteiger charge is -2.23. The molecule has 27 heavy (non-hydrogen) atoms. The molecule has 1 aliphatic rings. The van der Waals surface area contributed by atoms with E-state index in [9.17, 15) is 4.79 Å². The summed E-state index contributed by atoms with van der Waals surface area (Å²) in [6.45, 7) is 11.2. The van der Waals surface area contributed by atoms with Gasteiger partial charge in [-0.3, -0.25) is 4.79 Å². The average Bonchev–Trinajstić information content (AvgIpc) is 2.63. The van der Waals surface area contributed by atoms with Gasteiger partial charge in [-0.05, 0) is 44.0 Å². The third-order valence-electron chi connectivity index (χ3n) is 4.84. The molecule has 0 radical (unpaired) electrons. The van der Waals surface area contributed by atoms with Gasteiger partial charge < -0.3 is 15.0 Å². The number of amides is 1. The molecule has 144 valence electrons. The van der Waals surface area contributed by atoms with Crippen LogP contribution >= 0.6 is 11.8 Å². The van der Waals surface area contributed by atoms with Crippen molar-refractivity contribution in [3.8, 4) is 0 Å². The molecule has 1 heterocycles. The van der Waals surface area contributed by atoms with Crippen LogP contribution in [0.4, 0.5) is 5.69 Å². The summed E-state index contributed by atoms with van der Waals surface area (Å²) in [5.41, 5.74) is 5.89. The molecule has 1 saturated heterocycles. The first-order chi connectivity index (χ1) is 13.0. The molecule has 1 aliphatic heterocycles. The van der Waals surface area contributed by atoms with E-state index in [2.05, 4.69) is 50.4 Å². The summed E-state index contributed by atoms with van der Waals surface area (Å²) in [5.74, 6) is 0.454. The Morgan fingerprint density at radius 2 is 1.70 bits per heavy atom. The van der Waals surface area contributed by atoms with Gasteiger partial charge in [0.2, 0.25) is 5.91 Å². The highest BCUT2D eigenvalue weighted by molar-refractivity contribution is 8.00. The number of thioether (sulfide) groups is 1. The number of carbonyl (C=O) groups is 1. The Balaban J connectivity index is 1.50. The minimum atomic E-state index is 0.0333. The second-order valence-corrected chi connectivity index (χ2v) is 8.29. The fourth-order valence-corrected chi connectivity index (χ4v) is 4.48. The lowest BCUT2D eigenvalue weighted by atomic mass is 10.1. The van der Waals surface area contributed by atoms with E-state index in [0.717, 1.165) is 38.5 Å². The third kappa shape index (κ3) is 5.83. The lowest BCUT2D eigenvalue weighted by Crippen LogP contribution is -3.12. The monoisotopic (exact) mass is 385 g/mol. The van der Waals surface area contributed by atoms with Crippen LogP contribution in [0.3, 0.4) is 0 Å². The molecule has 0 spiro atoms. The molecule has 1 fully saturated rings. The van der Waals surface area contributed by atoms with Crippen molar-refractivity contribution in [3.05, 3.63) is 58.7 Å². The summed E-state index contributed by atoms with van der Waals surface area (Å²) >= 11 is 1.61. The average molecular weight is 386 g/mol. The number of carbonyl (C=O) groups excluding carboxylic acids is 1. The van der Waals surface area contributed by atoms with Crippen LogP contribution in [0.15, 0.2) is 41.3 Å². The third-order valence-corrected chi connectivity index (χ3v) is 6.18. The van der Waals surface area contributed by atoms with Crippen molar-refractivity contribution in [2.75, 3.05) is 37.4 Å². The molecular formula is C22H29N2O2S+. The zero-order valence-corrected chi connectivity index (χ0v) is 17.2. The standard InChI is InChI=1S/C22H28N2O2S/c1-16-12-17(2)22(18(3)13-16)27-15-21(25)23-20-6-4-19(5-7-20)14-24-8-10-26-11-9-24/h4-7,12-13H,8-11,14-15H2,1-3H3,(H,23,25)/p+1. The summed E-state index contributed by atoms with van der Waals surface area (Å²) in [7, 11) is 0. The highest BCUT2D eigenvalue weighted by atomic mass is 32.2. The number of hydrogen-bond acceptors (Lipinski definition) is 3. The van der Waals surface area contributed by atoms with Crippen LogP contribution in [0.1, 0.15) is 22.3 Å². The molecule has 5 heteroatoms. The number of nitrogens with one attached hydrogen (secondary N) is 2. The summed E-state index contributed by atoms with van der Waals surface area (Å²) in [6, 6.07) is 12.6. The SMILES string of the molecule is Cc1cc(C)c(SCC(=O)Nc2ccc(C[NH+]3CCOCC3)cc2)c(C)c1. The van der Waals surface area contributed by atoms with Crippen molar-refractivity contribution in [1.29, 1.82) is 0 Å². The molecule has 4 nitrogen and oxygen atoms in total. The Morgan fingerprint density at radius 1 is 1.07 bits per heavy atom. The highest BCUT2D eigenvalue weighted by Gasteiger charge is 2.14. The van der Waals surface area contributed by atoms with Gasteiger partial charge in [-0.15, -0.1) is 11.8 Å². The second kappa shape index (κ2) is 9.40. The Morgan fingerprint density at radius 3 is 2.33 bits per heavy atom. The summed E-state index contributed by atoms with van der Waals surface area (Å²) < 4.78 is 5.41. The van der Waals surface area contributed by atoms with Gasteiger partial charge in [0.25, 0.3) is 0 Å². The molecule has 2 N–H and O–H groups in total. The van der Waals surface area contributed by atoms with E-state index >= 15 is 0 Å². The van der Waals surface area contributed by atoms with Crippen molar-refractivity contribution in [1.82, 2.24) is 0 Å². The first-order valence-electron chi connectivity index (χ1n) is 9.52. The number of hydrogen-bond donors (Lipinski definition) is 2. The van der Waals surface area contributed by atoms with Gasteiger partial charge in [-0.25, -0.2) is 0 Å². The number of aryl methyl sites for hydroxylation is 3. The highest BCUT2D eigenvalue weighted by Crippen LogP contribution is 2.27. The van der Waals surface area contributed by atoms with Crippen LogP contribution < -0.4 is 10.2 Å². The first kappa shape index (κ1) is 19.9. The van der Waals surface area contributed by atoms with E-state index in [1.165, 1.54) is 27.1 Å². The first-order valence-corrected chi connectivity index (χ1v) is 10.5. The van der Waals surface area contributed by atoms with Crippen LogP contribution in [0.25, 0.3) is 0 Å². The van der Waals surface area contributed by atoms with Crippen molar-refractivity contribution < 1.29 is 14.4 Å². The largest absolute Gasteiger partial charge is 0.370 e. The normalized spacial score (nSPS) is 14.9. The number of rotatable bonds is 6. The molecule has 0 bridgehead atoms. The molecule has 3 rings (SSSR count). The van der Waals surface area contributed by atoms with Crippen LogP contribution in [-0.4, -0.2) is 38.0 Å². The van der Waals surface area contributed by atoms with Gasteiger partial charge in [0.05, 0.1) is 19.0 Å². The van der Waals surface area contributed by atoms with E-state index in [1.807, 2.05) is 12.1 Å². The van der Waals surface area contributed by atoms with Crippen LogP contribution in [0.5, 0.6) is 0 Å². The summed E-state index contributed by atoms with van der Waals surface area (Å²) in [6.07, 6.45) is 0. The minimum Gasteiger partial charge on any atom is -0.370 e. The van der Waals surface area contributed by atoms with Gasteiger partial charge in [-0.2, -0.15) is 0 Å². The maximum absolute atomic E-state index is 12.3. The molecule has 0 saturated carbocycles. The fourth-order valence-electron chi connectivity index (χ4n) is 3.56. The minimum absolute atomic E-state index is 0.0333. The van der Waals surface area contributed by atoms with Crippen LogP contribution in [-0.2, 0) is 16.1 Å². The molecule has 2 aromatic carbocycles. The zero-order valence-electron chi connectivity index (χ0n) is 16.4. The Labute approximate surface area is 166 Å². The van der Waals surface area contributed by atoms with Crippen molar-refractivity contribution >= 4 is 23.4 Å². The molecular weight excluding hydrogens is 356 g/mol. The van der Waals surface area contributed by atoms with E-state index in [4.69, 9.17) is 4.74 Å². The van der Waals surface area contributed by atoms with Crippen molar-refractivity contribution in [2.24, 2.45) is 0 Å². The number of ether oxygens (including phenoxy) is 1. The number of morpholine rings is 1. The van der Waals surface area contributed by atoms with Gasteiger partial charge in [0.1, 0.15) is 19.6 Å². The van der Waals surface area contributed by atoms with Gasteiger partial charge in [-0.1, -0.05) is 29.8 Å². The molecule has 0 aromatic heterocycles. The predicted molar refractivity (Wildman–Crippen MR) is 112 cm³/mol. The molecule has 0 aliphatic carbocycles. The summed E-state index contributed by atoms with van der Waals surface area (Å²) in [5, 5.41) is 3.01. The molecule has 2 aromatic rings. The maximum Gasteiger partial charge on any atom is 0.234 e. The van der Waals surface area contributed by atoms with E-state index in [0.29, 0.717) is 5.75 Å². The lowest BCUT2D eigenvalue weighted by molar-refractivity contribution is -0.921. The Hall–Kier alpha value is -1.82. The maximum atomic E-state index is 12.3. The van der Waals surface area contributed by atoms with Gasteiger partial charge >= 0.3 is 0 Å². The molecule has 1 amide bonds. The Bertz CT molecular complexity index is 760. The van der Waals surface area contributed by atoms with Crippen LogP contribution in [0.2, 0.25) is 0 Å². The van der Waals surface area contributed by atoms with Gasteiger partial charge in [0.15, 0.2) is 0 Å². The second-order valence-electron chi connectivity index (χ2n) is 7.30. The Kier molecular flexibility index (Phi) is 6.94. The zero-order chi connectivity index (χ0) is 19.2. The number of quaternary nitrogens is 1. The molecule has 0 atom stereocenters. The van der Waals surface area contributed by atoms with Crippen molar-refractivity contribution in [3.63, 3.8) is 0 Å². The smallest absolute Gasteiger partial charge is 0.234 e. The summed E-state index contributed by atoms with van der Waals surface area (Å²) in [4.78, 5) is 15.1. The number of benzene rings is 2. The quantitative estimate of drug-likeness (QED) is 0.752. The van der Waals surface area contributed by atoms with E-state index in [1.54, 1.807) is 16.7 Å². The fraction of sp³-hybridized carbons (Fsp3) is 0.409. The van der Waals surface area contributed by atoms with E-state index < -0.39 is 0 Å². The van der Waals surface area contributed by atoms with E-state index in [-0.39, 0.29) is 5.91 Å². The topological polar surface area (TPSA) is 42.8 Å². The number of anilines is 1. The van der Waals surface area contributed by atoms with Gasteiger partial charge in [0, 0.05) is 16.1 Å². The van der Waals surface area contributed by atoms with Crippen LogP contribution in [0, 0.1) is 20.8 Å². The molecule has 0 unspecified atom stereocenters.